The van der Waals surface area contributed by atoms with Crippen LogP contribution in [0.1, 0.15) is 40.5 Å². The van der Waals surface area contributed by atoms with Crippen molar-refractivity contribution in [1.29, 1.82) is 0 Å². The van der Waals surface area contributed by atoms with Crippen LogP contribution in [0.5, 0.6) is 0 Å². The van der Waals surface area contributed by atoms with E-state index in [2.05, 4.69) is 17.6 Å². The number of unbranched alkanes of at least 4 members (excludes halogenated alkanes) is 1. The van der Waals surface area contributed by atoms with Crippen molar-refractivity contribution in [3.05, 3.63) is 0 Å². The Labute approximate surface area is 92.4 Å². The van der Waals surface area contributed by atoms with Crippen molar-refractivity contribution in [2.45, 2.75) is 52.1 Å². The van der Waals surface area contributed by atoms with Crippen molar-refractivity contribution in [3.8, 4) is 0 Å². The third kappa shape index (κ3) is 6.47. The summed E-state index contributed by atoms with van der Waals surface area (Å²) in [5.41, 5.74) is -0.415. The van der Waals surface area contributed by atoms with Gasteiger partial charge in [0.2, 0.25) is 5.91 Å². The summed E-state index contributed by atoms with van der Waals surface area (Å²) in [4.78, 5) is 11.6. The predicted molar refractivity (Wildman–Crippen MR) is 61.7 cm³/mol. The van der Waals surface area contributed by atoms with Gasteiger partial charge in [-0.1, -0.05) is 13.3 Å². The molecule has 1 amide bonds. The number of aliphatic hydroxyl groups excluding tert-OH is 1. The van der Waals surface area contributed by atoms with Crippen molar-refractivity contribution in [2.75, 3.05) is 13.2 Å². The number of carbonyl (C=O) groups excluding carboxylic acids is 1. The van der Waals surface area contributed by atoms with E-state index in [0.717, 1.165) is 19.4 Å². The van der Waals surface area contributed by atoms with E-state index in [1.807, 2.05) is 13.8 Å². The van der Waals surface area contributed by atoms with Crippen molar-refractivity contribution in [1.82, 2.24) is 10.6 Å². The second-order valence-electron chi connectivity index (χ2n) is 4.55. The molecule has 0 aliphatic carbocycles. The fourth-order valence-electron chi connectivity index (χ4n) is 1.24. The van der Waals surface area contributed by atoms with Crippen LogP contribution in [0.15, 0.2) is 0 Å². The average Bonchev–Trinajstić information content (AvgIpc) is 2.17. The van der Waals surface area contributed by atoms with Crippen LogP contribution in [0.4, 0.5) is 0 Å². The minimum atomic E-state index is -0.415. The van der Waals surface area contributed by atoms with E-state index in [0.29, 0.717) is 0 Å². The summed E-state index contributed by atoms with van der Waals surface area (Å²) in [5, 5.41) is 15.0. The van der Waals surface area contributed by atoms with Crippen molar-refractivity contribution < 1.29 is 9.90 Å². The molecule has 0 aromatic carbocycles. The Morgan fingerprint density at radius 1 is 1.47 bits per heavy atom. The zero-order chi connectivity index (χ0) is 11.9. The number of amides is 1. The maximum Gasteiger partial charge on any atom is 0.236 e. The van der Waals surface area contributed by atoms with Gasteiger partial charge in [-0.15, -0.1) is 0 Å². The first-order valence-electron chi connectivity index (χ1n) is 5.59. The molecule has 0 aromatic rings. The van der Waals surface area contributed by atoms with Crippen LogP contribution in [-0.2, 0) is 4.79 Å². The molecule has 0 aliphatic rings. The maximum absolute atomic E-state index is 11.6. The van der Waals surface area contributed by atoms with Gasteiger partial charge in [0.25, 0.3) is 0 Å². The van der Waals surface area contributed by atoms with Crippen LogP contribution >= 0.6 is 0 Å². The van der Waals surface area contributed by atoms with Crippen molar-refractivity contribution in [3.63, 3.8) is 0 Å². The lowest BCUT2D eigenvalue weighted by atomic mass is 10.1. The number of hydrogen-bond donors (Lipinski definition) is 3. The Kier molecular flexibility index (Phi) is 6.52. The maximum atomic E-state index is 11.6. The van der Waals surface area contributed by atoms with Gasteiger partial charge in [-0.2, -0.15) is 0 Å². The van der Waals surface area contributed by atoms with Crippen molar-refractivity contribution >= 4 is 5.91 Å². The van der Waals surface area contributed by atoms with Gasteiger partial charge in [0.05, 0.1) is 12.6 Å². The van der Waals surface area contributed by atoms with Crippen LogP contribution in [-0.4, -0.2) is 35.7 Å². The summed E-state index contributed by atoms with van der Waals surface area (Å²) in [6.45, 7) is 8.35. The molecule has 0 aliphatic heterocycles. The predicted octanol–water partition coefficient (Wildman–Crippen LogP) is 0.652. The van der Waals surface area contributed by atoms with Crippen LogP contribution in [0.3, 0.4) is 0 Å². The largest absolute Gasteiger partial charge is 0.394 e. The molecule has 4 nitrogen and oxygen atoms in total. The Morgan fingerprint density at radius 3 is 2.53 bits per heavy atom. The zero-order valence-electron chi connectivity index (χ0n) is 10.3. The molecule has 0 rings (SSSR count). The molecule has 0 saturated carbocycles. The third-order valence-corrected chi connectivity index (χ3v) is 2.23. The molecule has 0 radical (unpaired) electrons. The molecular weight excluding hydrogens is 192 g/mol. The van der Waals surface area contributed by atoms with Gasteiger partial charge in [0.15, 0.2) is 0 Å². The monoisotopic (exact) mass is 216 g/mol. The van der Waals surface area contributed by atoms with E-state index in [9.17, 15) is 4.79 Å². The normalized spacial score (nSPS) is 13.7. The first-order valence-corrected chi connectivity index (χ1v) is 5.59. The summed E-state index contributed by atoms with van der Waals surface area (Å²) in [6.07, 6.45) is 2.08. The highest BCUT2D eigenvalue weighted by Gasteiger charge is 2.22. The van der Waals surface area contributed by atoms with Crippen LogP contribution in [0.2, 0.25) is 0 Å². The molecule has 0 spiro atoms. The molecule has 1 unspecified atom stereocenters. The van der Waals surface area contributed by atoms with Gasteiger partial charge in [0.1, 0.15) is 0 Å². The molecule has 0 bridgehead atoms. The topological polar surface area (TPSA) is 61.4 Å². The fourth-order valence-corrected chi connectivity index (χ4v) is 1.24. The summed E-state index contributed by atoms with van der Waals surface area (Å²) >= 11 is 0. The van der Waals surface area contributed by atoms with Crippen molar-refractivity contribution in [2.24, 2.45) is 0 Å². The van der Waals surface area contributed by atoms with E-state index < -0.39 is 5.54 Å². The number of hydrogen-bond acceptors (Lipinski definition) is 3. The summed E-state index contributed by atoms with van der Waals surface area (Å²) in [6, 6.07) is -0.274. The summed E-state index contributed by atoms with van der Waals surface area (Å²) in [5.74, 6) is -0.00928. The van der Waals surface area contributed by atoms with E-state index in [1.54, 1.807) is 6.92 Å². The Hall–Kier alpha value is -0.610. The lowest BCUT2D eigenvalue weighted by Gasteiger charge is -2.27. The lowest BCUT2D eigenvalue weighted by Crippen LogP contribution is -2.53. The molecule has 0 saturated heterocycles. The van der Waals surface area contributed by atoms with E-state index >= 15 is 0 Å². The minimum Gasteiger partial charge on any atom is -0.394 e. The van der Waals surface area contributed by atoms with Crippen LogP contribution < -0.4 is 10.6 Å². The average molecular weight is 216 g/mol. The summed E-state index contributed by atoms with van der Waals surface area (Å²) in [7, 11) is 0. The quantitative estimate of drug-likeness (QED) is 0.548. The highest BCUT2D eigenvalue weighted by atomic mass is 16.3. The standard InChI is InChI=1S/C11H24N2O2/c1-5-6-7-12-10(15)9(2)13-11(3,4)8-14/h9,13-14H,5-8H2,1-4H3,(H,12,15). The highest BCUT2D eigenvalue weighted by Crippen LogP contribution is 2.01. The number of aliphatic hydroxyl groups is 1. The Bertz CT molecular complexity index is 193. The first kappa shape index (κ1) is 14.4. The molecule has 15 heavy (non-hydrogen) atoms. The molecule has 4 heteroatoms. The van der Waals surface area contributed by atoms with Crippen LogP contribution in [0.25, 0.3) is 0 Å². The summed E-state index contributed by atoms with van der Waals surface area (Å²) < 4.78 is 0. The molecule has 0 heterocycles. The second-order valence-corrected chi connectivity index (χ2v) is 4.55. The van der Waals surface area contributed by atoms with Gasteiger partial charge in [-0.3, -0.25) is 10.1 Å². The minimum absolute atomic E-state index is 0.00928. The van der Waals surface area contributed by atoms with Gasteiger partial charge in [-0.25, -0.2) is 0 Å². The van der Waals surface area contributed by atoms with E-state index in [4.69, 9.17) is 5.11 Å². The lowest BCUT2D eigenvalue weighted by molar-refractivity contribution is -0.123. The van der Waals surface area contributed by atoms with Crippen LogP contribution in [0, 0.1) is 0 Å². The SMILES string of the molecule is CCCCNC(=O)C(C)NC(C)(C)CO. The molecule has 1 atom stereocenters. The second kappa shape index (κ2) is 6.80. The third-order valence-electron chi connectivity index (χ3n) is 2.23. The Morgan fingerprint density at radius 2 is 2.07 bits per heavy atom. The fraction of sp³-hybridized carbons (Fsp3) is 0.909. The number of nitrogens with one attached hydrogen (secondary N) is 2. The first-order chi connectivity index (χ1) is 6.93. The van der Waals surface area contributed by atoms with Gasteiger partial charge in [0, 0.05) is 12.1 Å². The zero-order valence-corrected chi connectivity index (χ0v) is 10.3. The molecule has 0 fully saturated rings. The van der Waals surface area contributed by atoms with Gasteiger partial charge < -0.3 is 10.4 Å². The van der Waals surface area contributed by atoms with Gasteiger partial charge in [-0.05, 0) is 27.2 Å². The molecular formula is C11H24N2O2. The molecule has 90 valence electrons. The Balaban J connectivity index is 3.88. The number of carbonyl (C=O) groups is 1. The van der Waals surface area contributed by atoms with E-state index in [-0.39, 0.29) is 18.6 Å². The van der Waals surface area contributed by atoms with Gasteiger partial charge >= 0.3 is 0 Å². The molecule has 3 N–H and O–H groups in total. The molecule has 0 aromatic heterocycles. The smallest absolute Gasteiger partial charge is 0.236 e. The number of rotatable bonds is 7. The highest BCUT2D eigenvalue weighted by molar-refractivity contribution is 5.81. The van der Waals surface area contributed by atoms with E-state index in [1.165, 1.54) is 0 Å².